The number of piperazine rings is 1. The van der Waals surface area contributed by atoms with Gasteiger partial charge in [-0.3, -0.25) is 4.79 Å². The Bertz CT molecular complexity index is 996. The highest BCUT2D eigenvalue weighted by molar-refractivity contribution is 5.91. The van der Waals surface area contributed by atoms with Crippen molar-refractivity contribution in [3.63, 3.8) is 0 Å². The van der Waals surface area contributed by atoms with E-state index in [0.717, 1.165) is 19.3 Å². The van der Waals surface area contributed by atoms with Crippen LogP contribution in [-0.4, -0.2) is 80.8 Å². The second-order valence-electron chi connectivity index (χ2n) is 6.69. The standard InChI is InChI=1S/C19H20FN7O2/c1-25-7-9-26(10-8-25)19(28)17-23-18(15-5-3-13(20)11-21-15)27(24-17)14-4-6-16(29-2)22-12-14/h3-6,11-12H,7-10H2,1-2H3. The fraction of sp³-hybridized carbons (Fsp3) is 0.316. The quantitative estimate of drug-likeness (QED) is 0.655. The van der Waals surface area contributed by atoms with Crippen molar-refractivity contribution in [2.24, 2.45) is 0 Å². The van der Waals surface area contributed by atoms with Crippen molar-refractivity contribution >= 4 is 5.91 Å². The Morgan fingerprint density at radius 1 is 1.07 bits per heavy atom. The number of nitrogens with zero attached hydrogens (tertiary/aromatic N) is 7. The van der Waals surface area contributed by atoms with E-state index in [-0.39, 0.29) is 11.7 Å². The fourth-order valence-corrected chi connectivity index (χ4v) is 3.03. The topological polar surface area (TPSA) is 89.3 Å². The van der Waals surface area contributed by atoms with Gasteiger partial charge in [0, 0.05) is 32.2 Å². The van der Waals surface area contributed by atoms with Gasteiger partial charge in [0.1, 0.15) is 11.5 Å². The van der Waals surface area contributed by atoms with Crippen LogP contribution in [0.25, 0.3) is 17.2 Å². The molecule has 0 aliphatic carbocycles. The summed E-state index contributed by atoms with van der Waals surface area (Å²) < 4.78 is 19.9. The minimum atomic E-state index is -0.459. The Balaban J connectivity index is 1.73. The van der Waals surface area contributed by atoms with Crippen molar-refractivity contribution in [2.75, 3.05) is 40.3 Å². The van der Waals surface area contributed by atoms with Crippen LogP contribution in [-0.2, 0) is 0 Å². The van der Waals surface area contributed by atoms with E-state index in [9.17, 15) is 9.18 Å². The van der Waals surface area contributed by atoms with Crippen molar-refractivity contribution in [2.45, 2.75) is 0 Å². The Kier molecular flexibility index (Phi) is 5.17. The summed E-state index contributed by atoms with van der Waals surface area (Å²) in [6.45, 7) is 2.80. The summed E-state index contributed by atoms with van der Waals surface area (Å²) in [7, 11) is 3.54. The van der Waals surface area contributed by atoms with Gasteiger partial charge in [-0.15, -0.1) is 5.10 Å². The predicted molar refractivity (Wildman–Crippen MR) is 102 cm³/mol. The summed E-state index contributed by atoms with van der Waals surface area (Å²) in [5.74, 6) is 0.131. The van der Waals surface area contributed by atoms with Gasteiger partial charge in [0.15, 0.2) is 5.82 Å². The summed E-state index contributed by atoms with van der Waals surface area (Å²) >= 11 is 0. The number of methoxy groups -OCH3 is 1. The molecular weight excluding hydrogens is 377 g/mol. The molecular formula is C19H20FN7O2. The third kappa shape index (κ3) is 3.92. The average Bonchev–Trinajstić information content (AvgIpc) is 3.20. The van der Waals surface area contributed by atoms with Gasteiger partial charge in [-0.25, -0.2) is 24.0 Å². The first-order valence-electron chi connectivity index (χ1n) is 9.12. The summed E-state index contributed by atoms with van der Waals surface area (Å²) in [6.07, 6.45) is 2.66. The highest BCUT2D eigenvalue weighted by Crippen LogP contribution is 2.21. The molecule has 3 aromatic rings. The first-order valence-corrected chi connectivity index (χ1v) is 9.12. The van der Waals surface area contributed by atoms with Crippen LogP contribution in [0.3, 0.4) is 0 Å². The lowest BCUT2D eigenvalue weighted by Crippen LogP contribution is -2.47. The van der Waals surface area contributed by atoms with Gasteiger partial charge in [0.2, 0.25) is 11.7 Å². The predicted octanol–water partition coefficient (Wildman–Crippen LogP) is 1.26. The first kappa shape index (κ1) is 18.9. The number of ether oxygens (including phenoxy) is 1. The fourth-order valence-electron chi connectivity index (χ4n) is 3.03. The van der Waals surface area contributed by atoms with Crippen LogP contribution in [0.2, 0.25) is 0 Å². The minimum absolute atomic E-state index is 0.0616. The number of likely N-dealkylation sites (N-methyl/N-ethyl adjacent to an activating group) is 1. The molecule has 0 aromatic carbocycles. The van der Waals surface area contributed by atoms with Crippen molar-refractivity contribution in [1.82, 2.24) is 34.5 Å². The number of aromatic nitrogens is 5. The van der Waals surface area contributed by atoms with Crippen LogP contribution in [0.15, 0.2) is 36.7 Å². The van der Waals surface area contributed by atoms with Gasteiger partial charge in [-0.2, -0.15) is 0 Å². The van der Waals surface area contributed by atoms with E-state index in [1.165, 1.54) is 23.9 Å². The third-order valence-electron chi connectivity index (χ3n) is 4.72. The van der Waals surface area contributed by atoms with Crippen LogP contribution in [0.4, 0.5) is 4.39 Å². The van der Waals surface area contributed by atoms with Crippen LogP contribution >= 0.6 is 0 Å². The molecule has 4 rings (SSSR count). The Morgan fingerprint density at radius 2 is 1.86 bits per heavy atom. The molecule has 1 amide bonds. The van der Waals surface area contributed by atoms with Crippen LogP contribution in [0.1, 0.15) is 10.6 Å². The molecule has 1 aliphatic rings. The molecule has 0 saturated carbocycles. The summed E-state index contributed by atoms with van der Waals surface area (Å²) in [5, 5.41) is 4.42. The number of hydrogen-bond donors (Lipinski definition) is 0. The maximum absolute atomic E-state index is 13.3. The molecule has 29 heavy (non-hydrogen) atoms. The molecule has 0 spiro atoms. The monoisotopic (exact) mass is 397 g/mol. The van der Waals surface area contributed by atoms with E-state index >= 15 is 0 Å². The first-order chi connectivity index (χ1) is 14.0. The van der Waals surface area contributed by atoms with E-state index in [2.05, 4.69) is 25.0 Å². The SMILES string of the molecule is COc1ccc(-n2nc(C(=O)N3CCN(C)CC3)nc2-c2ccc(F)cn2)cn1. The second kappa shape index (κ2) is 7.92. The van der Waals surface area contributed by atoms with Gasteiger partial charge in [-0.05, 0) is 25.2 Å². The summed E-state index contributed by atoms with van der Waals surface area (Å²) in [6, 6.07) is 6.21. The molecule has 0 unspecified atom stereocenters. The lowest BCUT2D eigenvalue weighted by Gasteiger charge is -2.31. The van der Waals surface area contributed by atoms with E-state index in [1.807, 2.05) is 7.05 Å². The van der Waals surface area contributed by atoms with Gasteiger partial charge in [-0.1, -0.05) is 0 Å². The van der Waals surface area contributed by atoms with Gasteiger partial charge in [0.05, 0.1) is 25.2 Å². The minimum Gasteiger partial charge on any atom is -0.481 e. The average molecular weight is 397 g/mol. The highest BCUT2D eigenvalue weighted by atomic mass is 19.1. The number of halogens is 1. The Hall–Kier alpha value is -3.40. The molecule has 0 bridgehead atoms. The van der Waals surface area contributed by atoms with Crippen molar-refractivity contribution in [1.29, 1.82) is 0 Å². The van der Waals surface area contributed by atoms with E-state index < -0.39 is 5.82 Å². The van der Waals surface area contributed by atoms with Gasteiger partial charge in [0.25, 0.3) is 5.91 Å². The molecule has 4 heterocycles. The van der Waals surface area contributed by atoms with Crippen molar-refractivity contribution in [3.8, 4) is 23.1 Å². The smallest absolute Gasteiger partial charge is 0.293 e. The zero-order chi connectivity index (χ0) is 20.4. The normalized spacial score (nSPS) is 14.8. The van der Waals surface area contributed by atoms with Crippen LogP contribution < -0.4 is 4.74 Å². The molecule has 1 aliphatic heterocycles. The van der Waals surface area contributed by atoms with Crippen LogP contribution in [0.5, 0.6) is 5.88 Å². The zero-order valence-corrected chi connectivity index (χ0v) is 16.1. The second-order valence-corrected chi connectivity index (χ2v) is 6.69. The van der Waals surface area contributed by atoms with E-state index in [4.69, 9.17) is 4.74 Å². The lowest BCUT2D eigenvalue weighted by molar-refractivity contribution is 0.0652. The van der Waals surface area contributed by atoms with Gasteiger partial charge >= 0.3 is 0 Å². The number of amides is 1. The molecule has 150 valence electrons. The number of carbonyl (C=O) groups excluding carboxylic acids is 1. The molecule has 0 atom stereocenters. The zero-order valence-electron chi connectivity index (χ0n) is 16.1. The summed E-state index contributed by atoms with van der Waals surface area (Å²) in [5.41, 5.74) is 0.976. The van der Waals surface area contributed by atoms with Crippen molar-refractivity contribution in [3.05, 3.63) is 48.3 Å². The molecule has 3 aromatic heterocycles. The van der Waals surface area contributed by atoms with E-state index in [0.29, 0.717) is 36.2 Å². The van der Waals surface area contributed by atoms with Crippen LogP contribution in [0, 0.1) is 5.82 Å². The molecule has 10 heteroatoms. The molecule has 0 radical (unpaired) electrons. The third-order valence-corrected chi connectivity index (χ3v) is 4.72. The lowest BCUT2D eigenvalue weighted by atomic mass is 10.3. The molecule has 1 fully saturated rings. The highest BCUT2D eigenvalue weighted by Gasteiger charge is 2.26. The Morgan fingerprint density at radius 3 is 2.48 bits per heavy atom. The molecule has 1 saturated heterocycles. The molecule has 9 nitrogen and oxygen atoms in total. The number of pyridine rings is 2. The summed E-state index contributed by atoms with van der Waals surface area (Å²) in [4.78, 5) is 29.5. The Labute approximate surface area is 166 Å². The molecule has 0 N–H and O–H groups in total. The van der Waals surface area contributed by atoms with Gasteiger partial charge < -0.3 is 14.5 Å². The van der Waals surface area contributed by atoms with Crippen molar-refractivity contribution < 1.29 is 13.9 Å². The number of hydrogen-bond acceptors (Lipinski definition) is 7. The maximum atomic E-state index is 13.3. The van der Waals surface area contributed by atoms with E-state index in [1.54, 1.807) is 23.2 Å². The number of rotatable bonds is 4. The maximum Gasteiger partial charge on any atom is 0.293 e. The number of carbonyl (C=O) groups is 1. The largest absolute Gasteiger partial charge is 0.481 e.